The van der Waals surface area contributed by atoms with Crippen molar-refractivity contribution in [3.63, 3.8) is 0 Å². The number of methoxy groups -OCH3 is 2. The van der Waals surface area contributed by atoms with Gasteiger partial charge in [0.2, 0.25) is 5.78 Å². The van der Waals surface area contributed by atoms with Crippen LogP contribution < -0.4 is 9.47 Å². The number of hydrogen-bond acceptors (Lipinski definition) is 5. The van der Waals surface area contributed by atoms with Crippen molar-refractivity contribution in [3.8, 4) is 11.5 Å². The molecule has 2 rings (SSSR count). The number of ketones is 1. The third-order valence-corrected chi connectivity index (χ3v) is 2.66. The summed E-state index contributed by atoms with van der Waals surface area (Å²) in [4.78, 5) is 20.6. The van der Waals surface area contributed by atoms with E-state index in [2.05, 4.69) is 9.97 Å². The summed E-state index contributed by atoms with van der Waals surface area (Å²) in [5.74, 6) is 1.21. The summed E-state index contributed by atoms with van der Waals surface area (Å²) < 4.78 is 10.4. The standard InChI is InChI=1S/C14H14N2O3/c1-9-15-8-7-10(16-9)14(17)13-11(18-2)5-4-6-12(13)19-3/h4-8H,1-3H3. The lowest BCUT2D eigenvalue weighted by Crippen LogP contribution is -2.09. The largest absolute Gasteiger partial charge is 0.496 e. The summed E-state index contributed by atoms with van der Waals surface area (Å²) in [6.45, 7) is 1.73. The molecule has 0 bridgehead atoms. The third-order valence-electron chi connectivity index (χ3n) is 2.66. The summed E-state index contributed by atoms with van der Waals surface area (Å²) in [7, 11) is 3.02. The SMILES string of the molecule is COc1cccc(OC)c1C(=O)c1ccnc(C)n1. The van der Waals surface area contributed by atoms with Gasteiger partial charge < -0.3 is 9.47 Å². The average Bonchev–Trinajstić information content (AvgIpc) is 2.45. The zero-order valence-corrected chi connectivity index (χ0v) is 11.0. The van der Waals surface area contributed by atoms with Crippen LogP contribution >= 0.6 is 0 Å². The number of carbonyl (C=O) groups excluding carboxylic acids is 1. The molecule has 0 saturated heterocycles. The summed E-state index contributed by atoms with van der Waals surface area (Å²) in [5.41, 5.74) is 0.681. The molecule has 1 aromatic carbocycles. The number of carbonyl (C=O) groups is 1. The Labute approximate surface area is 111 Å². The molecule has 1 aromatic heterocycles. The smallest absolute Gasteiger partial charge is 0.218 e. The Hall–Kier alpha value is -2.43. The fourth-order valence-corrected chi connectivity index (χ4v) is 1.79. The lowest BCUT2D eigenvalue weighted by molar-refractivity contribution is 0.102. The van der Waals surface area contributed by atoms with Crippen molar-refractivity contribution in [1.82, 2.24) is 9.97 Å². The molecule has 1 heterocycles. The van der Waals surface area contributed by atoms with E-state index in [9.17, 15) is 4.79 Å². The van der Waals surface area contributed by atoms with Gasteiger partial charge in [-0.05, 0) is 25.1 Å². The predicted molar refractivity (Wildman–Crippen MR) is 69.7 cm³/mol. The van der Waals surface area contributed by atoms with E-state index in [0.29, 0.717) is 28.6 Å². The van der Waals surface area contributed by atoms with E-state index in [1.807, 2.05) is 0 Å². The van der Waals surface area contributed by atoms with E-state index < -0.39 is 0 Å². The molecule has 98 valence electrons. The molecule has 0 aliphatic carbocycles. The molecule has 0 spiro atoms. The van der Waals surface area contributed by atoms with Gasteiger partial charge >= 0.3 is 0 Å². The van der Waals surface area contributed by atoms with Gasteiger partial charge in [-0.2, -0.15) is 0 Å². The van der Waals surface area contributed by atoms with Crippen LogP contribution in [0.15, 0.2) is 30.5 Å². The number of nitrogens with zero attached hydrogens (tertiary/aromatic N) is 2. The molecule has 0 radical (unpaired) electrons. The van der Waals surface area contributed by atoms with Crippen LogP contribution in [0, 0.1) is 6.92 Å². The minimum absolute atomic E-state index is 0.250. The topological polar surface area (TPSA) is 61.3 Å². The van der Waals surface area contributed by atoms with Crippen LogP contribution in [-0.4, -0.2) is 30.0 Å². The molecule has 0 N–H and O–H groups in total. The van der Waals surface area contributed by atoms with Crippen LogP contribution in [0.5, 0.6) is 11.5 Å². The maximum Gasteiger partial charge on any atom is 0.218 e. The molecular formula is C14H14N2O3. The van der Waals surface area contributed by atoms with Gasteiger partial charge in [0, 0.05) is 6.20 Å². The Kier molecular flexibility index (Phi) is 3.75. The number of aryl methyl sites for hydroxylation is 1. The zero-order valence-electron chi connectivity index (χ0n) is 11.0. The van der Waals surface area contributed by atoms with E-state index in [4.69, 9.17) is 9.47 Å². The van der Waals surface area contributed by atoms with Crippen molar-refractivity contribution in [2.24, 2.45) is 0 Å². The van der Waals surface area contributed by atoms with Gasteiger partial charge in [0.05, 0.1) is 14.2 Å². The van der Waals surface area contributed by atoms with Crippen LogP contribution in [-0.2, 0) is 0 Å². The van der Waals surface area contributed by atoms with Gasteiger partial charge in [-0.15, -0.1) is 0 Å². The highest BCUT2D eigenvalue weighted by Crippen LogP contribution is 2.30. The van der Waals surface area contributed by atoms with Crippen molar-refractivity contribution in [2.75, 3.05) is 14.2 Å². The number of aromatic nitrogens is 2. The second kappa shape index (κ2) is 5.48. The minimum atomic E-state index is -0.250. The fourth-order valence-electron chi connectivity index (χ4n) is 1.79. The van der Waals surface area contributed by atoms with Crippen molar-refractivity contribution >= 4 is 5.78 Å². The molecule has 5 heteroatoms. The van der Waals surface area contributed by atoms with E-state index >= 15 is 0 Å². The summed E-state index contributed by atoms with van der Waals surface area (Å²) in [5, 5.41) is 0. The second-order valence-electron chi connectivity index (χ2n) is 3.86. The maximum absolute atomic E-state index is 12.5. The Bertz CT molecular complexity index is 589. The van der Waals surface area contributed by atoms with Gasteiger partial charge in [-0.1, -0.05) is 6.07 Å². The Balaban J connectivity index is 2.55. The third kappa shape index (κ3) is 2.54. The van der Waals surface area contributed by atoms with Crippen LogP contribution in [0.2, 0.25) is 0 Å². The molecule has 0 aliphatic rings. The zero-order chi connectivity index (χ0) is 13.8. The number of rotatable bonds is 4. The molecular weight excluding hydrogens is 244 g/mol. The van der Waals surface area contributed by atoms with Crippen LogP contribution in [0.4, 0.5) is 0 Å². The average molecular weight is 258 g/mol. The molecule has 2 aromatic rings. The first-order valence-corrected chi connectivity index (χ1v) is 5.72. The van der Waals surface area contributed by atoms with Gasteiger partial charge in [-0.3, -0.25) is 4.79 Å². The summed E-state index contributed by atoms with van der Waals surface area (Å²) in [6.07, 6.45) is 1.55. The molecule has 0 atom stereocenters. The lowest BCUT2D eigenvalue weighted by Gasteiger charge is -2.11. The molecule has 0 unspecified atom stereocenters. The molecule has 19 heavy (non-hydrogen) atoms. The highest BCUT2D eigenvalue weighted by Gasteiger charge is 2.20. The molecule has 0 saturated carbocycles. The van der Waals surface area contributed by atoms with Gasteiger partial charge in [0.25, 0.3) is 0 Å². The number of hydrogen-bond donors (Lipinski definition) is 0. The molecule has 0 aliphatic heterocycles. The maximum atomic E-state index is 12.5. The summed E-state index contributed by atoms with van der Waals surface area (Å²) in [6, 6.07) is 6.76. The van der Waals surface area contributed by atoms with E-state index in [1.165, 1.54) is 14.2 Å². The number of benzene rings is 1. The lowest BCUT2D eigenvalue weighted by atomic mass is 10.1. The monoisotopic (exact) mass is 258 g/mol. The van der Waals surface area contributed by atoms with Crippen molar-refractivity contribution in [1.29, 1.82) is 0 Å². The predicted octanol–water partition coefficient (Wildman–Crippen LogP) is 2.03. The summed E-state index contributed by atoms with van der Waals surface area (Å²) >= 11 is 0. The first-order valence-electron chi connectivity index (χ1n) is 5.72. The Morgan fingerprint density at radius 2 is 1.74 bits per heavy atom. The van der Waals surface area contributed by atoms with E-state index in [0.717, 1.165) is 0 Å². The molecule has 0 fully saturated rings. The molecule has 5 nitrogen and oxygen atoms in total. The Morgan fingerprint density at radius 1 is 1.11 bits per heavy atom. The van der Waals surface area contributed by atoms with Crippen LogP contribution in [0.1, 0.15) is 21.9 Å². The highest BCUT2D eigenvalue weighted by molar-refractivity contribution is 6.11. The highest BCUT2D eigenvalue weighted by atomic mass is 16.5. The second-order valence-corrected chi connectivity index (χ2v) is 3.86. The van der Waals surface area contributed by atoms with Crippen molar-refractivity contribution in [2.45, 2.75) is 6.92 Å². The minimum Gasteiger partial charge on any atom is -0.496 e. The van der Waals surface area contributed by atoms with Crippen molar-refractivity contribution < 1.29 is 14.3 Å². The van der Waals surface area contributed by atoms with Gasteiger partial charge in [0.15, 0.2) is 0 Å². The normalized spacial score (nSPS) is 10.1. The van der Waals surface area contributed by atoms with E-state index in [-0.39, 0.29) is 5.78 Å². The first kappa shape index (κ1) is 13.0. The quantitative estimate of drug-likeness (QED) is 0.785. The Morgan fingerprint density at radius 3 is 2.26 bits per heavy atom. The van der Waals surface area contributed by atoms with E-state index in [1.54, 1.807) is 37.4 Å². The fraction of sp³-hybridized carbons (Fsp3) is 0.214. The van der Waals surface area contributed by atoms with Gasteiger partial charge in [0.1, 0.15) is 28.6 Å². The van der Waals surface area contributed by atoms with Crippen LogP contribution in [0.3, 0.4) is 0 Å². The number of ether oxygens (including phenoxy) is 2. The first-order chi connectivity index (χ1) is 9.17. The van der Waals surface area contributed by atoms with Crippen molar-refractivity contribution in [3.05, 3.63) is 47.5 Å². The van der Waals surface area contributed by atoms with Gasteiger partial charge in [-0.25, -0.2) is 9.97 Å². The van der Waals surface area contributed by atoms with Crippen LogP contribution in [0.25, 0.3) is 0 Å². The molecule has 0 amide bonds.